The maximum absolute atomic E-state index is 11.3. The summed E-state index contributed by atoms with van der Waals surface area (Å²) in [6.07, 6.45) is 0.618. The van der Waals surface area contributed by atoms with Crippen LogP contribution in [0.5, 0.6) is 0 Å². The van der Waals surface area contributed by atoms with Gasteiger partial charge in [0.25, 0.3) is 0 Å². The Morgan fingerprint density at radius 1 is 1.33 bits per heavy atom. The SMILES string of the molecule is CCNC(=O)CCN1CC(C)(C)C1(C)C. The summed E-state index contributed by atoms with van der Waals surface area (Å²) in [7, 11) is 0. The molecule has 3 nitrogen and oxygen atoms in total. The first kappa shape index (κ1) is 12.5. The molecule has 0 aromatic rings. The lowest BCUT2D eigenvalue weighted by Crippen LogP contribution is -2.69. The van der Waals surface area contributed by atoms with Gasteiger partial charge in [0, 0.05) is 31.6 Å². The van der Waals surface area contributed by atoms with Crippen molar-refractivity contribution >= 4 is 5.91 Å². The van der Waals surface area contributed by atoms with Crippen LogP contribution in [-0.4, -0.2) is 36.0 Å². The minimum atomic E-state index is 0.165. The summed E-state index contributed by atoms with van der Waals surface area (Å²) in [5, 5.41) is 2.83. The number of rotatable bonds is 4. The van der Waals surface area contributed by atoms with Crippen molar-refractivity contribution in [2.75, 3.05) is 19.6 Å². The summed E-state index contributed by atoms with van der Waals surface area (Å²) in [5.41, 5.74) is 0.591. The minimum absolute atomic E-state index is 0.165. The molecule has 1 rings (SSSR count). The maximum Gasteiger partial charge on any atom is 0.221 e. The highest BCUT2D eigenvalue weighted by Crippen LogP contribution is 2.45. The number of hydrogen-bond acceptors (Lipinski definition) is 2. The number of carbonyl (C=O) groups excluding carboxylic acids is 1. The van der Waals surface area contributed by atoms with Gasteiger partial charge < -0.3 is 5.32 Å². The zero-order valence-electron chi connectivity index (χ0n) is 10.7. The minimum Gasteiger partial charge on any atom is -0.356 e. The van der Waals surface area contributed by atoms with E-state index in [-0.39, 0.29) is 11.4 Å². The number of carbonyl (C=O) groups is 1. The fourth-order valence-electron chi connectivity index (χ4n) is 2.09. The lowest BCUT2D eigenvalue weighted by molar-refractivity contribution is -0.131. The van der Waals surface area contributed by atoms with Crippen LogP contribution in [0.1, 0.15) is 41.0 Å². The third kappa shape index (κ3) is 2.33. The second-order valence-corrected chi connectivity index (χ2v) is 5.57. The van der Waals surface area contributed by atoms with Crippen LogP contribution in [0.2, 0.25) is 0 Å². The van der Waals surface area contributed by atoms with Gasteiger partial charge in [-0.2, -0.15) is 0 Å². The first-order valence-electron chi connectivity index (χ1n) is 5.83. The average molecular weight is 212 g/mol. The van der Waals surface area contributed by atoms with Crippen molar-refractivity contribution in [2.45, 2.75) is 46.6 Å². The molecule has 1 aliphatic rings. The summed E-state index contributed by atoms with van der Waals surface area (Å²) in [4.78, 5) is 13.7. The molecule has 0 atom stereocenters. The van der Waals surface area contributed by atoms with Gasteiger partial charge in [0.15, 0.2) is 0 Å². The van der Waals surface area contributed by atoms with E-state index in [0.717, 1.165) is 19.6 Å². The Bertz CT molecular complexity index is 246. The summed E-state index contributed by atoms with van der Waals surface area (Å²) in [5.74, 6) is 0.165. The molecule has 0 aliphatic carbocycles. The second kappa shape index (κ2) is 4.12. The van der Waals surface area contributed by atoms with Crippen LogP contribution in [0.15, 0.2) is 0 Å². The Hall–Kier alpha value is -0.570. The van der Waals surface area contributed by atoms with E-state index in [1.807, 2.05) is 6.92 Å². The third-order valence-corrected chi connectivity index (χ3v) is 4.02. The van der Waals surface area contributed by atoms with Crippen molar-refractivity contribution in [3.05, 3.63) is 0 Å². The molecule has 1 N–H and O–H groups in total. The summed E-state index contributed by atoms with van der Waals surface area (Å²) >= 11 is 0. The molecular weight excluding hydrogens is 188 g/mol. The van der Waals surface area contributed by atoms with E-state index in [2.05, 4.69) is 37.9 Å². The predicted molar refractivity (Wildman–Crippen MR) is 62.7 cm³/mol. The van der Waals surface area contributed by atoms with E-state index in [1.54, 1.807) is 0 Å². The Kier molecular flexibility index (Phi) is 3.44. The highest BCUT2D eigenvalue weighted by Gasteiger charge is 2.51. The van der Waals surface area contributed by atoms with Gasteiger partial charge in [-0.25, -0.2) is 0 Å². The molecule has 0 bridgehead atoms. The van der Waals surface area contributed by atoms with Gasteiger partial charge in [-0.15, -0.1) is 0 Å². The molecule has 88 valence electrons. The quantitative estimate of drug-likeness (QED) is 0.768. The number of nitrogens with zero attached hydrogens (tertiary/aromatic N) is 1. The van der Waals surface area contributed by atoms with Crippen molar-refractivity contribution in [3.8, 4) is 0 Å². The molecule has 0 spiro atoms. The molecular formula is C12H24N2O. The third-order valence-electron chi connectivity index (χ3n) is 4.02. The first-order chi connectivity index (χ1) is 6.81. The van der Waals surface area contributed by atoms with Gasteiger partial charge in [0.05, 0.1) is 0 Å². The monoisotopic (exact) mass is 212 g/mol. The predicted octanol–water partition coefficient (Wildman–Crippen LogP) is 1.63. The van der Waals surface area contributed by atoms with Crippen LogP contribution < -0.4 is 5.32 Å². The van der Waals surface area contributed by atoms with E-state index >= 15 is 0 Å². The highest BCUT2D eigenvalue weighted by atomic mass is 16.1. The topological polar surface area (TPSA) is 32.3 Å². The molecule has 0 aromatic carbocycles. The second-order valence-electron chi connectivity index (χ2n) is 5.57. The molecule has 3 heteroatoms. The zero-order chi connectivity index (χ0) is 11.7. The fraction of sp³-hybridized carbons (Fsp3) is 0.917. The highest BCUT2D eigenvalue weighted by molar-refractivity contribution is 5.75. The first-order valence-corrected chi connectivity index (χ1v) is 5.83. The summed E-state index contributed by atoms with van der Waals surface area (Å²) in [6, 6.07) is 0. The van der Waals surface area contributed by atoms with Gasteiger partial charge in [-0.1, -0.05) is 13.8 Å². The maximum atomic E-state index is 11.3. The Morgan fingerprint density at radius 3 is 2.33 bits per heavy atom. The Labute approximate surface area is 93.2 Å². The summed E-state index contributed by atoms with van der Waals surface area (Å²) < 4.78 is 0. The van der Waals surface area contributed by atoms with E-state index in [1.165, 1.54) is 0 Å². The van der Waals surface area contributed by atoms with Gasteiger partial charge in [0.2, 0.25) is 5.91 Å². The molecule has 1 heterocycles. The molecule has 0 aromatic heterocycles. The molecule has 1 saturated heterocycles. The summed E-state index contributed by atoms with van der Waals surface area (Å²) in [6.45, 7) is 13.7. The van der Waals surface area contributed by atoms with Gasteiger partial charge in [0.1, 0.15) is 0 Å². The molecule has 0 unspecified atom stereocenters. The molecule has 1 fully saturated rings. The Balaban J connectivity index is 2.34. The van der Waals surface area contributed by atoms with Crippen LogP contribution in [0.3, 0.4) is 0 Å². The van der Waals surface area contributed by atoms with Gasteiger partial charge in [-0.05, 0) is 26.2 Å². The van der Waals surface area contributed by atoms with Crippen molar-refractivity contribution in [1.82, 2.24) is 10.2 Å². The molecule has 0 saturated carbocycles. The zero-order valence-corrected chi connectivity index (χ0v) is 10.7. The van der Waals surface area contributed by atoms with Crippen LogP contribution >= 0.6 is 0 Å². The average Bonchev–Trinajstić information content (AvgIpc) is 2.12. The van der Waals surface area contributed by atoms with E-state index in [0.29, 0.717) is 11.8 Å². The molecule has 0 radical (unpaired) electrons. The lowest BCUT2D eigenvalue weighted by atomic mass is 9.65. The molecule has 15 heavy (non-hydrogen) atoms. The number of likely N-dealkylation sites (tertiary alicyclic amines) is 1. The fourth-order valence-corrected chi connectivity index (χ4v) is 2.09. The van der Waals surface area contributed by atoms with E-state index in [9.17, 15) is 4.79 Å². The standard InChI is InChI=1S/C12H24N2O/c1-6-13-10(15)7-8-14-9-11(2,3)12(14,4)5/h6-9H2,1-5H3,(H,13,15). The Morgan fingerprint density at radius 2 is 1.93 bits per heavy atom. The van der Waals surface area contributed by atoms with Crippen molar-refractivity contribution in [1.29, 1.82) is 0 Å². The van der Waals surface area contributed by atoms with Crippen LogP contribution in [0, 0.1) is 5.41 Å². The van der Waals surface area contributed by atoms with Crippen molar-refractivity contribution < 1.29 is 4.79 Å². The molecule has 1 amide bonds. The van der Waals surface area contributed by atoms with E-state index in [4.69, 9.17) is 0 Å². The normalized spacial score (nSPS) is 23.3. The molecule has 1 aliphatic heterocycles. The number of amides is 1. The number of hydrogen-bond donors (Lipinski definition) is 1. The van der Waals surface area contributed by atoms with Crippen LogP contribution in [0.25, 0.3) is 0 Å². The smallest absolute Gasteiger partial charge is 0.221 e. The van der Waals surface area contributed by atoms with Crippen molar-refractivity contribution in [2.24, 2.45) is 5.41 Å². The largest absolute Gasteiger partial charge is 0.356 e. The van der Waals surface area contributed by atoms with Gasteiger partial charge in [-0.3, -0.25) is 9.69 Å². The lowest BCUT2D eigenvalue weighted by Gasteiger charge is -2.61. The van der Waals surface area contributed by atoms with E-state index < -0.39 is 0 Å². The number of nitrogens with one attached hydrogen (secondary N) is 1. The van der Waals surface area contributed by atoms with Crippen LogP contribution in [-0.2, 0) is 4.79 Å². The van der Waals surface area contributed by atoms with Crippen LogP contribution in [0.4, 0.5) is 0 Å². The van der Waals surface area contributed by atoms with Crippen molar-refractivity contribution in [3.63, 3.8) is 0 Å². The van der Waals surface area contributed by atoms with Gasteiger partial charge >= 0.3 is 0 Å².